The van der Waals surface area contributed by atoms with E-state index in [2.05, 4.69) is 17.3 Å². The normalized spacial score (nSPS) is 24.4. The molecule has 2 fully saturated rings. The minimum absolute atomic E-state index is 0.330. The summed E-state index contributed by atoms with van der Waals surface area (Å²) in [7, 11) is 2.12. The van der Waals surface area contributed by atoms with E-state index in [0.717, 1.165) is 32.0 Å². The summed E-state index contributed by atoms with van der Waals surface area (Å²) in [6.07, 6.45) is 4.70. The highest BCUT2D eigenvalue weighted by Gasteiger charge is 2.47. The molecular formula is C12H22N2O2. The van der Waals surface area contributed by atoms with Crippen molar-refractivity contribution in [2.75, 3.05) is 20.1 Å². The predicted molar refractivity (Wildman–Crippen MR) is 62.4 cm³/mol. The number of carboxylic acids is 1. The van der Waals surface area contributed by atoms with Gasteiger partial charge in [-0.15, -0.1) is 0 Å². The average Bonchev–Trinajstić information content (AvgIpc) is 3.04. The van der Waals surface area contributed by atoms with E-state index in [1.54, 1.807) is 0 Å². The third-order valence-corrected chi connectivity index (χ3v) is 3.97. The van der Waals surface area contributed by atoms with Crippen LogP contribution in [0.4, 0.5) is 0 Å². The summed E-state index contributed by atoms with van der Waals surface area (Å²) in [5.74, 6) is -0.375. The van der Waals surface area contributed by atoms with Gasteiger partial charge in [0.25, 0.3) is 0 Å². The molecule has 0 amide bonds. The van der Waals surface area contributed by atoms with Crippen molar-refractivity contribution in [3.8, 4) is 0 Å². The molecule has 2 N–H and O–H groups in total. The Balaban J connectivity index is 1.75. The van der Waals surface area contributed by atoms with Crippen LogP contribution in [0.15, 0.2) is 0 Å². The number of aliphatic carboxylic acids is 1. The Morgan fingerprint density at radius 3 is 2.50 bits per heavy atom. The third-order valence-electron chi connectivity index (χ3n) is 3.97. The molecule has 4 nitrogen and oxygen atoms in total. The van der Waals surface area contributed by atoms with Crippen molar-refractivity contribution in [2.24, 2.45) is 5.92 Å². The van der Waals surface area contributed by atoms with Crippen LogP contribution in [0.3, 0.4) is 0 Å². The molecule has 0 aromatic heterocycles. The maximum atomic E-state index is 11.2. The largest absolute Gasteiger partial charge is 0.480 e. The first kappa shape index (κ1) is 11.9. The van der Waals surface area contributed by atoms with E-state index in [9.17, 15) is 9.90 Å². The minimum atomic E-state index is -0.705. The zero-order valence-corrected chi connectivity index (χ0v) is 10.2. The SMILES string of the molecule is CN(CCNC(C)(C(=O)O)C1CC1)C1CC1. The van der Waals surface area contributed by atoms with Gasteiger partial charge in [-0.25, -0.2) is 0 Å². The lowest BCUT2D eigenvalue weighted by Gasteiger charge is -2.27. The third kappa shape index (κ3) is 2.55. The Bertz CT molecular complexity index is 274. The Labute approximate surface area is 97.0 Å². The molecule has 1 unspecified atom stereocenters. The lowest BCUT2D eigenvalue weighted by atomic mass is 9.96. The molecule has 0 saturated heterocycles. The Morgan fingerprint density at radius 1 is 1.44 bits per heavy atom. The molecule has 0 heterocycles. The topological polar surface area (TPSA) is 52.6 Å². The van der Waals surface area contributed by atoms with Gasteiger partial charge in [0.1, 0.15) is 5.54 Å². The van der Waals surface area contributed by atoms with Crippen LogP contribution in [0.5, 0.6) is 0 Å². The van der Waals surface area contributed by atoms with Gasteiger partial charge in [-0.1, -0.05) is 0 Å². The molecule has 2 rings (SSSR count). The van der Waals surface area contributed by atoms with Gasteiger partial charge in [0.15, 0.2) is 0 Å². The second kappa shape index (κ2) is 4.34. The molecule has 0 aromatic rings. The number of nitrogens with zero attached hydrogens (tertiary/aromatic N) is 1. The maximum absolute atomic E-state index is 11.2. The standard InChI is InChI=1S/C12H22N2O2/c1-12(11(15)16,9-3-4-9)13-7-8-14(2)10-5-6-10/h9-10,13H,3-8H2,1-2H3,(H,15,16). The van der Waals surface area contributed by atoms with E-state index < -0.39 is 11.5 Å². The second-order valence-electron chi connectivity index (χ2n) is 5.42. The van der Waals surface area contributed by atoms with E-state index in [1.807, 2.05) is 6.92 Å². The first-order chi connectivity index (χ1) is 7.54. The van der Waals surface area contributed by atoms with Gasteiger partial charge in [0.05, 0.1) is 0 Å². The van der Waals surface area contributed by atoms with Crippen LogP contribution in [-0.2, 0) is 4.79 Å². The van der Waals surface area contributed by atoms with E-state index >= 15 is 0 Å². The van der Waals surface area contributed by atoms with E-state index in [0.29, 0.717) is 5.92 Å². The first-order valence-corrected chi connectivity index (χ1v) is 6.22. The maximum Gasteiger partial charge on any atom is 0.323 e. The van der Waals surface area contributed by atoms with Gasteiger partial charge in [-0.2, -0.15) is 0 Å². The summed E-state index contributed by atoms with van der Waals surface area (Å²) in [6, 6.07) is 0.749. The molecule has 2 saturated carbocycles. The highest BCUT2D eigenvalue weighted by atomic mass is 16.4. The molecule has 0 aliphatic heterocycles. The molecule has 2 aliphatic carbocycles. The molecule has 0 spiro atoms. The van der Waals surface area contributed by atoms with Crippen molar-refractivity contribution in [1.82, 2.24) is 10.2 Å². The van der Waals surface area contributed by atoms with Gasteiger partial charge >= 0.3 is 5.97 Å². The fourth-order valence-corrected chi connectivity index (χ4v) is 2.25. The molecule has 1 atom stereocenters. The zero-order chi connectivity index (χ0) is 11.8. The average molecular weight is 226 g/mol. The minimum Gasteiger partial charge on any atom is -0.480 e. The highest BCUT2D eigenvalue weighted by molar-refractivity contribution is 5.79. The van der Waals surface area contributed by atoms with Crippen LogP contribution in [0.2, 0.25) is 0 Å². The van der Waals surface area contributed by atoms with Crippen molar-refractivity contribution in [3.63, 3.8) is 0 Å². The van der Waals surface area contributed by atoms with Crippen LogP contribution in [-0.4, -0.2) is 47.7 Å². The van der Waals surface area contributed by atoms with E-state index in [4.69, 9.17) is 0 Å². The lowest BCUT2D eigenvalue weighted by Crippen LogP contribution is -2.53. The number of carboxylic acid groups (broad SMARTS) is 1. The van der Waals surface area contributed by atoms with E-state index in [-0.39, 0.29) is 0 Å². The smallest absolute Gasteiger partial charge is 0.323 e. The molecule has 0 aromatic carbocycles. The second-order valence-corrected chi connectivity index (χ2v) is 5.42. The summed E-state index contributed by atoms with van der Waals surface area (Å²) in [6.45, 7) is 3.54. The number of rotatable bonds is 7. The fourth-order valence-electron chi connectivity index (χ4n) is 2.25. The van der Waals surface area contributed by atoms with Gasteiger partial charge in [-0.05, 0) is 45.6 Å². The molecule has 0 bridgehead atoms. The van der Waals surface area contributed by atoms with Crippen molar-refractivity contribution >= 4 is 5.97 Å². The molecule has 16 heavy (non-hydrogen) atoms. The van der Waals surface area contributed by atoms with Gasteiger partial charge in [-0.3, -0.25) is 4.79 Å². The monoisotopic (exact) mass is 226 g/mol. The van der Waals surface area contributed by atoms with Gasteiger partial charge < -0.3 is 15.3 Å². The summed E-state index contributed by atoms with van der Waals surface area (Å²) >= 11 is 0. The Morgan fingerprint density at radius 2 is 2.06 bits per heavy atom. The van der Waals surface area contributed by atoms with Crippen molar-refractivity contribution in [1.29, 1.82) is 0 Å². The van der Waals surface area contributed by atoms with Crippen LogP contribution in [0.1, 0.15) is 32.6 Å². The lowest BCUT2D eigenvalue weighted by molar-refractivity contribution is -0.145. The molecular weight excluding hydrogens is 204 g/mol. The first-order valence-electron chi connectivity index (χ1n) is 6.22. The molecule has 0 radical (unpaired) electrons. The number of hydrogen-bond acceptors (Lipinski definition) is 3. The van der Waals surface area contributed by atoms with Crippen LogP contribution in [0.25, 0.3) is 0 Å². The quantitative estimate of drug-likeness (QED) is 0.678. The molecule has 2 aliphatic rings. The number of nitrogens with one attached hydrogen (secondary N) is 1. The zero-order valence-electron chi connectivity index (χ0n) is 10.2. The van der Waals surface area contributed by atoms with Crippen LogP contribution in [0, 0.1) is 5.92 Å². The molecule has 4 heteroatoms. The summed E-state index contributed by atoms with van der Waals surface area (Å²) in [5, 5.41) is 12.5. The van der Waals surface area contributed by atoms with Crippen LogP contribution < -0.4 is 5.32 Å². The Kier molecular flexibility index (Phi) is 3.22. The van der Waals surface area contributed by atoms with Crippen molar-refractivity contribution < 1.29 is 9.90 Å². The number of likely N-dealkylation sites (N-methyl/N-ethyl adjacent to an activating group) is 1. The summed E-state index contributed by atoms with van der Waals surface area (Å²) in [4.78, 5) is 13.6. The molecule has 92 valence electrons. The fraction of sp³-hybridized carbons (Fsp3) is 0.917. The number of hydrogen-bond donors (Lipinski definition) is 2. The number of carbonyl (C=O) groups is 1. The van der Waals surface area contributed by atoms with E-state index in [1.165, 1.54) is 12.8 Å². The highest BCUT2D eigenvalue weighted by Crippen LogP contribution is 2.39. The summed E-state index contributed by atoms with van der Waals surface area (Å²) < 4.78 is 0. The van der Waals surface area contributed by atoms with Gasteiger partial charge in [0.2, 0.25) is 0 Å². The van der Waals surface area contributed by atoms with Gasteiger partial charge in [0, 0.05) is 19.1 Å². The summed E-state index contributed by atoms with van der Waals surface area (Å²) in [5.41, 5.74) is -0.704. The Hall–Kier alpha value is -0.610. The van der Waals surface area contributed by atoms with Crippen molar-refractivity contribution in [3.05, 3.63) is 0 Å². The van der Waals surface area contributed by atoms with Crippen LogP contribution >= 0.6 is 0 Å². The predicted octanol–water partition coefficient (Wildman–Crippen LogP) is 0.923. The van der Waals surface area contributed by atoms with Crippen molar-refractivity contribution in [2.45, 2.75) is 44.2 Å².